The molecule has 3 aromatic rings. The first-order chi connectivity index (χ1) is 11.2. The van der Waals surface area contributed by atoms with Crippen molar-refractivity contribution in [1.29, 1.82) is 0 Å². The van der Waals surface area contributed by atoms with Crippen LogP contribution in [0.5, 0.6) is 0 Å². The zero-order valence-electron chi connectivity index (χ0n) is 13.9. The SMILES string of the molecule is Br.C=CCN(c1ccc(C)cc1)c1nc(-c2ccc(C)cc2)cs1. The number of anilines is 2. The summed E-state index contributed by atoms with van der Waals surface area (Å²) in [6.07, 6.45) is 1.91. The standard InChI is InChI=1S/C20H20N2S.BrH/c1-4-13-22(18-11-7-16(3)8-12-18)20-21-19(14-23-20)17-9-5-15(2)6-10-17;/h4-12,14H,1,13H2,2-3H3;1H. The Morgan fingerprint density at radius 1 is 1.00 bits per heavy atom. The van der Waals surface area contributed by atoms with Crippen molar-refractivity contribution in [3.8, 4) is 11.3 Å². The van der Waals surface area contributed by atoms with Crippen LogP contribution in [-0.4, -0.2) is 11.5 Å². The van der Waals surface area contributed by atoms with E-state index < -0.39 is 0 Å². The maximum absolute atomic E-state index is 4.82. The summed E-state index contributed by atoms with van der Waals surface area (Å²) < 4.78 is 0. The molecule has 0 saturated carbocycles. The van der Waals surface area contributed by atoms with Gasteiger partial charge >= 0.3 is 0 Å². The van der Waals surface area contributed by atoms with Crippen LogP contribution in [0.4, 0.5) is 10.8 Å². The predicted molar refractivity (Wildman–Crippen MR) is 111 cm³/mol. The van der Waals surface area contributed by atoms with Crippen molar-refractivity contribution >= 4 is 39.1 Å². The number of benzene rings is 2. The maximum atomic E-state index is 4.82. The molecule has 0 fully saturated rings. The van der Waals surface area contributed by atoms with Crippen LogP contribution in [0, 0.1) is 13.8 Å². The fourth-order valence-electron chi connectivity index (χ4n) is 2.39. The van der Waals surface area contributed by atoms with Crippen molar-refractivity contribution in [3.63, 3.8) is 0 Å². The highest BCUT2D eigenvalue weighted by Crippen LogP contribution is 2.32. The van der Waals surface area contributed by atoms with Gasteiger partial charge in [0, 0.05) is 23.2 Å². The molecule has 0 atom stereocenters. The lowest BCUT2D eigenvalue weighted by molar-refractivity contribution is 1.08. The second kappa shape index (κ2) is 8.27. The minimum Gasteiger partial charge on any atom is -0.314 e. The van der Waals surface area contributed by atoms with Gasteiger partial charge in [-0.05, 0) is 26.0 Å². The summed E-state index contributed by atoms with van der Waals surface area (Å²) in [6.45, 7) is 8.81. The van der Waals surface area contributed by atoms with Crippen LogP contribution in [0.3, 0.4) is 0 Å². The van der Waals surface area contributed by atoms with Crippen LogP contribution in [0.15, 0.2) is 66.6 Å². The normalized spacial score (nSPS) is 10.1. The third-order valence-electron chi connectivity index (χ3n) is 3.73. The molecule has 1 heterocycles. The van der Waals surface area contributed by atoms with Gasteiger partial charge in [0.2, 0.25) is 0 Å². The monoisotopic (exact) mass is 400 g/mol. The predicted octanol–water partition coefficient (Wildman–Crippen LogP) is 6.33. The Morgan fingerprint density at radius 3 is 2.17 bits per heavy atom. The quantitative estimate of drug-likeness (QED) is 0.465. The Bertz CT molecular complexity index is 791. The molecule has 0 radical (unpaired) electrons. The molecule has 0 aliphatic heterocycles. The zero-order chi connectivity index (χ0) is 16.2. The number of aryl methyl sites for hydroxylation is 2. The third-order valence-corrected chi connectivity index (χ3v) is 4.59. The summed E-state index contributed by atoms with van der Waals surface area (Å²) in [5.74, 6) is 0. The molecule has 0 aliphatic rings. The first-order valence-electron chi connectivity index (χ1n) is 7.65. The summed E-state index contributed by atoms with van der Waals surface area (Å²) in [4.78, 5) is 7.01. The molecule has 0 bridgehead atoms. The molecule has 2 aromatic carbocycles. The van der Waals surface area contributed by atoms with E-state index in [1.54, 1.807) is 11.3 Å². The highest BCUT2D eigenvalue weighted by Gasteiger charge is 2.13. The third kappa shape index (κ3) is 4.13. The zero-order valence-corrected chi connectivity index (χ0v) is 16.4. The lowest BCUT2D eigenvalue weighted by Gasteiger charge is -2.20. The molecular weight excluding hydrogens is 380 g/mol. The van der Waals surface area contributed by atoms with Crippen LogP contribution in [0.25, 0.3) is 11.3 Å². The van der Waals surface area contributed by atoms with Crippen LogP contribution in [-0.2, 0) is 0 Å². The van der Waals surface area contributed by atoms with Gasteiger partial charge in [-0.25, -0.2) is 4.98 Å². The maximum Gasteiger partial charge on any atom is 0.190 e. The Balaban J connectivity index is 0.00000208. The lowest BCUT2D eigenvalue weighted by Crippen LogP contribution is -2.16. The van der Waals surface area contributed by atoms with Gasteiger partial charge in [-0.1, -0.05) is 53.6 Å². The van der Waals surface area contributed by atoms with Crippen molar-refractivity contribution in [1.82, 2.24) is 4.98 Å². The Hall–Kier alpha value is -1.91. The summed E-state index contributed by atoms with van der Waals surface area (Å²) in [7, 11) is 0. The van der Waals surface area contributed by atoms with Gasteiger partial charge in [-0.3, -0.25) is 0 Å². The van der Waals surface area contributed by atoms with E-state index in [1.165, 1.54) is 11.1 Å². The number of nitrogens with zero attached hydrogens (tertiary/aromatic N) is 2. The number of hydrogen-bond donors (Lipinski definition) is 0. The smallest absolute Gasteiger partial charge is 0.190 e. The van der Waals surface area contributed by atoms with E-state index in [4.69, 9.17) is 4.98 Å². The largest absolute Gasteiger partial charge is 0.314 e. The number of thiazole rings is 1. The first kappa shape index (κ1) is 18.4. The highest BCUT2D eigenvalue weighted by atomic mass is 79.9. The molecule has 0 spiro atoms. The summed E-state index contributed by atoms with van der Waals surface area (Å²) in [6, 6.07) is 17.0. The molecule has 124 valence electrons. The molecule has 0 aliphatic carbocycles. The van der Waals surface area contributed by atoms with Crippen LogP contribution in [0.2, 0.25) is 0 Å². The summed E-state index contributed by atoms with van der Waals surface area (Å²) in [5, 5.41) is 3.11. The van der Waals surface area contributed by atoms with E-state index in [2.05, 4.69) is 79.2 Å². The van der Waals surface area contributed by atoms with Crippen molar-refractivity contribution in [3.05, 3.63) is 77.7 Å². The molecular formula is C20H21BrN2S. The number of rotatable bonds is 5. The van der Waals surface area contributed by atoms with E-state index in [1.807, 2.05) is 6.08 Å². The van der Waals surface area contributed by atoms with Gasteiger partial charge in [-0.2, -0.15) is 0 Å². The molecule has 0 amide bonds. The number of aromatic nitrogens is 1. The van der Waals surface area contributed by atoms with Crippen LogP contribution >= 0.6 is 28.3 Å². The Labute approximate surface area is 158 Å². The van der Waals surface area contributed by atoms with E-state index in [-0.39, 0.29) is 17.0 Å². The van der Waals surface area contributed by atoms with Gasteiger partial charge in [0.15, 0.2) is 5.13 Å². The molecule has 4 heteroatoms. The second-order valence-electron chi connectivity index (χ2n) is 5.62. The second-order valence-corrected chi connectivity index (χ2v) is 6.45. The molecule has 1 aromatic heterocycles. The molecule has 0 N–H and O–H groups in total. The van der Waals surface area contributed by atoms with Gasteiger partial charge in [0.25, 0.3) is 0 Å². The summed E-state index contributed by atoms with van der Waals surface area (Å²) >= 11 is 1.66. The van der Waals surface area contributed by atoms with Gasteiger partial charge in [0.1, 0.15) is 0 Å². The van der Waals surface area contributed by atoms with E-state index in [0.29, 0.717) is 0 Å². The van der Waals surface area contributed by atoms with Crippen molar-refractivity contribution in [2.45, 2.75) is 13.8 Å². The first-order valence-corrected chi connectivity index (χ1v) is 8.53. The van der Waals surface area contributed by atoms with E-state index in [0.717, 1.165) is 28.6 Å². The molecule has 3 rings (SSSR count). The molecule has 2 nitrogen and oxygen atoms in total. The van der Waals surface area contributed by atoms with Gasteiger partial charge < -0.3 is 4.90 Å². The van der Waals surface area contributed by atoms with Gasteiger partial charge in [-0.15, -0.1) is 34.9 Å². The van der Waals surface area contributed by atoms with E-state index in [9.17, 15) is 0 Å². The van der Waals surface area contributed by atoms with Crippen molar-refractivity contribution in [2.75, 3.05) is 11.4 Å². The fourth-order valence-corrected chi connectivity index (χ4v) is 3.26. The molecule has 0 saturated heterocycles. The Morgan fingerprint density at radius 2 is 1.58 bits per heavy atom. The lowest BCUT2D eigenvalue weighted by atomic mass is 10.1. The fraction of sp³-hybridized carbons (Fsp3) is 0.150. The topological polar surface area (TPSA) is 16.1 Å². The molecule has 0 unspecified atom stereocenters. The molecule has 24 heavy (non-hydrogen) atoms. The Kier molecular flexibility index (Phi) is 6.35. The van der Waals surface area contributed by atoms with Crippen molar-refractivity contribution < 1.29 is 0 Å². The van der Waals surface area contributed by atoms with Crippen LogP contribution < -0.4 is 4.90 Å². The average molecular weight is 401 g/mol. The van der Waals surface area contributed by atoms with Crippen molar-refractivity contribution in [2.24, 2.45) is 0 Å². The average Bonchev–Trinajstić information content (AvgIpc) is 3.04. The highest BCUT2D eigenvalue weighted by molar-refractivity contribution is 8.93. The minimum atomic E-state index is 0. The van der Waals surface area contributed by atoms with Gasteiger partial charge in [0.05, 0.1) is 5.69 Å². The summed E-state index contributed by atoms with van der Waals surface area (Å²) in [5.41, 5.74) is 5.83. The van der Waals surface area contributed by atoms with Crippen LogP contribution in [0.1, 0.15) is 11.1 Å². The number of hydrogen-bond acceptors (Lipinski definition) is 3. The van der Waals surface area contributed by atoms with E-state index >= 15 is 0 Å². The minimum absolute atomic E-state index is 0. The number of halogens is 1.